The average Bonchev–Trinajstić information content (AvgIpc) is 2.73. The first-order valence-corrected chi connectivity index (χ1v) is 8.31. The number of aromatic nitrogens is 2. The summed E-state index contributed by atoms with van der Waals surface area (Å²) in [5.74, 6) is 0.874. The molecule has 1 aromatic carbocycles. The number of methoxy groups -OCH3 is 2. The molecule has 2 heterocycles. The minimum absolute atomic E-state index is 0.264. The van der Waals surface area contributed by atoms with E-state index in [9.17, 15) is 4.79 Å². The zero-order valence-corrected chi connectivity index (χ0v) is 15.1. The number of hydrogen-bond acceptors (Lipinski definition) is 6. The van der Waals surface area contributed by atoms with Gasteiger partial charge in [-0.05, 0) is 29.8 Å². The van der Waals surface area contributed by atoms with E-state index in [0.717, 1.165) is 11.3 Å². The highest BCUT2D eigenvalue weighted by molar-refractivity contribution is 6.04. The van der Waals surface area contributed by atoms with Crippen LogP contribution in [0.15, 0.2) is 61.2 Å². The van der Waals surface area contributed by atoms with Gasteiger partial charge in [0.2, 0.25) is 0 Å². The predicted molar refractivity (Wildman–Crippen MR) is 103 cm³/mol. The lowest BCUT2D eigenvalue weighted by Crippen LogP contribution is -2.13. The largest absolute Gasteiger partial charge is 0.493 e. The summed E-state index contributed by atoms with van der Waals surface area (Å²) >= 11 is 0. The van der Waals surface area contributed by atoms with Crippen LogP contribution in [0.25, 0.3) is 0 Å². The molecular formula is C20H20N4O3. The zero-order chi connectivity index (χ0) is 19.1. The molecule has 0 radical (unpaired) electrons. The fraction of sp³-hybridized carbons (Fsp3) is 0.150. The van der Waals surface area contributed by atoms with Crippen molar-refractivity contribution in [3.63, 3.8) is 0 Å². The first-order chi connectivity index (χ1) is 13.2. The Morgan fingerprint density at radius 3 is 2.56 bits per heavy atom. The summed E-state index contributed by atoms with van der Waals surface area (Å²) in [7, 11) is 3.11. The molecule has 0 aliphatic heterocycles. The molecule has 0 aliphatic rings. The van der Waals surface area contributed by atoms with Crippen LogP contribution in [0.5, 0.6) is 11.5 Å². The molecule has 27 heavy (non-hydrogen) atoms. The third-order valence-corrected chi connectivity index (χ3v) is 3.86. The first-order valence-electron chi connectivity index (χ1n) is 8.31. The van der Waals surface area contributed by atoms with Crippen LogP contribution in [0.1, 0.15) is 15.9 Å². The van der Waals surface area contributed by atoms with E-state index in [1.165, 1.54) is 6.20 Å². The van der Waals surface area contributed by atoms with Crippen molar-refractivity contribution in [2.45, 2.75) is 6.54 Å². The minimum atomic E-state index is -0.264. The highest BCUT2D eigenvalue weighted by atomic mass is 16.5. The van der Waals surface area contributed by atoms with Gasteiger partial charge in [-0.1, -0.05) is 6.07 Å². The molecule has 1 amide bonds. The van der Waals surface area contributed by atoms with Crippen molar-refractivity contribution < 1.29 is 14.3 Å². The quantitative estimate of drug-likeness (QED) is 0.669. The van der Waals surface area contributed by atoms with Gasteiger partial charge in [-0.3, -0.25) is 14.8 Å². The molecule has 0 bridgehead atoms. The maximum Gasteiger partial charge on any atom is 0.257 e. The van der Waals surface area contributed by atoms with Crippen molar-refractivity contribution >= 4 is 17.3 Å². The van der Waals surface area contributed by atoms with E-state index in [1.807, 2.05) is 12.1 Å². The topological polar surface area (TPSA) is 85.4 Å². The van der Waals surface area contributed by atoms with E-state index in [2.05, 4.69) is 20.6 Å². The second kappa shape index (κ2) is 8.66. The Kier molecular flexibility index (Phi) is 5.84. The van der Waals surface area contributed by atoms with Crippen molar-refractivity contribution in [2.75, 3.05) is 24.9 Å². The Morgan fingerprint density at radius 1 is 0.963 bits per heavy atom. The Hall–Kier alpha value is -3.61. The summed E-state index contributed by atoms with van der Waals surface area (Å²) in [5, 5.41) is 6.07. The fourth-order valence-corrected chi connectivity index (χ4v) is 2.48. The summed E-state index contributed by atoms with van der Waals surface area (Å²) in [6, 6.07) is 10.8. The maximum atomic E-state index is 12.5. The third-order valence-electron chi connectivity index (χ3n) is 3.86. The van der Waals surface area contributed by atoms with Crippen LogP contribution < -0.4 is 20.1 Å². The van der Waals surface area contributed by atoms with Gasteiger partial charge < -0.3 is 20.1 Å². The van der Waals surface area contributed by atoms with Gasteiger partial charge in [0.25, 0.3) is 5.91 Å². The molecule has 3 aromatic rings. The van der Waals surface area contributed by atoms with Crippen LogP contribution in [0, 0.1) is 0 Å². The number of carbonyl (C=O) groups is 1. The number of nitrogens with zero attached hydrogens (tertiary/aromatic N) is 2. The number of amides is 1. The zero-order valence-electron chi connectivity index (χ0n) is 15.1. The molecular weight excluding hydrogens is 344 g/mol. The lowest BCUT2D eigenvalue weighted by Gasteiger charge is -2.11. The molecule has 2 N–H and O–H groups in total. The highest BCUT2D eigenvalue weighted by Gasteiger charge is 2.10. The van der Waals surface area contributed by atoms with Crippen LogP contribution in [0.2, 0.25) is 0 Å². The van der Waals surface area contributed by atoms with Crippen LogP contribution in [-0.4, -0.2) is 30.1 Å². The normalized spacial score (nSPS) is 10.1. The maximum absolute atomic E-state index is 12.5. The molecule has 138 valence electrons. The van der Waals surface area contributed by atoms with Gasteiger partial charge in [-0.15, -0.1) is 0 Å². The number of carbonyl (C=O) groups excluding carboxylic acids is 1. The molecule has 3 rings (SSSR count). The number of hydrogen-bond donors (Lipinski definition) is 2. The highest BCUT2D eigenvalue weighted by Crippen LogP contribution is 2.29. The molecule has 0 unspecified atom stereocenters. The smallest absolute Gasteiger partial charge is 0.257 e. The number of ether oxygens (including phenoxy) is 2. The first kappa shape index (κ1) is 18.2. The van der Waals surface area contributed by atoms with Crippen LogP contribution in [0.3, 0.4) is 0 Å². The van der Waals surface area contributed by atoms with Gasteiger partial charge in [0.1, 0.15) is 0 Å². The number of benzene rings is 1. The monoisotopic (exact) mass is 364 g/mol. The number of nitrogens with one attached hydrogen (secondary N) is 2. The van der Waals surface area contributed by atoms with Gasteiger partial charge in [0.15, 0.2) is 11.5 Å². The summed E-state index contributed by atoms with van der Waals surface area (Å²) < 4.78 is 10.5. The predicted octanol–water partition coefficient (Wildman–Crippen LogP) is 3.36. The third kappa shape index (κ3) is 4.72. The Balaban J connectivity index is 1.68. The second-order valence-corrected chi connectivity index (χ2v) is 5.70. The average molecular weight is 364 g/mol. The van der Waals surface area contributed by atoms with Crippen LogP contribution in [-0.2, 0) is 6.54 Å². The van der Waals surface area contributed by atoms with Crippen molar-refractivity contribution in [1.29, 1.82) is 0 Å². The SMILES string of the molecule is COc1ccc(NC(=O)c2cncc(NCc3cccnc3)c2)cc1OC. The number of rotatable bonds is 7. The van der Waals surface area contributed by atoms with Gasteiger partial charge in [0.05, 0.1) is 25.5 Å². The van der Waals surface area contributed by atoms with Crippen LogP contribution >= 0.6 is 0 Å². The fourth-order valence-electron chi connectivity index (χ4n) is 2.48. The molecule has 0 atom stereocenters. The van der Waals surface area contributed by atoms with Crippen molar-refractivity contribution in [2.24, 2.45) is 0 Å². The lowest BCUT2D eigenvalue weighted by molar-refractivity contribution is 0.102. The van der Waals surface area contributed by atoms with E-state index in [-0.39, 0.29) is 5.91 Å². The van der Waals surface area contributed by atoms with E-state index >= 15 is 0 Å². The summed E-state index contributed by atoms with van der Waals surface area (Å²) in [5.41, 5.74) is 2.84. The van der Waals surface area contributed by atoms with E-state index < -0.39 is 0 Å². The van der Waals surface area contributed by atoms with Crippen molar-refractivity contribution in [3.8, 4) is 11.5 Å². The summed E-state index contributed by atoms with van der Waals surface area (Å²) in [6.45, 7) is 0.594. The molecule has 0 aliphatic carbocycles. The molecule has 7 heteroatoms. The van der Waals surface area contributed by atoms with Crippen molar-refractivity contribution in [1.82, 2.24) is 9.97 Å². The Bertz CT molecular complexity index is 916. The molecule has 0 spiro atoms. The van der Waals surface area contributed by atoms with E-state index in [4.69, 9.17) is 9.47 Å². The van der Waals surface area contributed by atoms with E-state index in [0.29, 0.717) is 29.3 Å². The Labute approximate surface area is 157 Å². The van der Waals surface area contributed by atoms with Gasteiger partial charge in [-0.25, -0.2) is 0 Å². The van der Waals surface area contributed by atoms with E-state index in [1.54, 1.807) is 57.1 Å². The Morgan fingerprint density at radius 2 is 1.81 bits per heavy atom. The van der Waals surface area contributed by atoms with Gasteiger partial charge in [-0.2, -0.15) is 0 Å². The second-order valence-electron chi connectivity index (χ2n) is 5.70. The van der Waals surface area contributed by atoms with Gasteiger partial charge >= 0.3 is 0 Å². The number of pyridine rings is 2. The number of anilines is 2. The lowest BCUT2D eigenvalue weighted by atomic mass is 10.2. The molecule has 0 fully saturated rings. The van der Waals surface area contributed by atoms with Crippen LogP contribution in [0.4, 0.5) is 11.4 Å². The molecule has 0 saturated carbocycles. The molecule has 2 aromatic heterocycles. The summed E-state index contributed by atoms with van der Waals surface area (Å²) in [4.78, 5) is 20.7. The van der Waals surface area contributed by atoms with Crippen molar-refractivity contribution in [3.05, 3.63) is 72.3 Å². The molecule has 0 saturated heterocycles. The standard InChI is InChI=1S/C20H20N4O3/c1-26-18-6-5-16(9-19(18)27-2)24-20(25)15-8-17(13-22-12-15)23-11-14-4-3-7-21-10-14/h3-10,12-13,23H,11H2,1-2H3,(H,24,25). The minimum Gasteiger partial charge on any atom is -0.493 e. The summed E-state index contributed by atoms with van der Waals surface area (Å²) in [6.07, 6.45) is 6.70. The van der Waals surface area contributed by atoms with Gasteiger partial charge in [0, 0.05) is 43.1 Å². The molecule has 7 nitrogen and oxygen atoms in total.